The Bertz CT molecular complexity index is 749. The van der Waals surface area contributed by atoms with Gasteiger partial charge in [0.25, 0.3) is 0 Å². The summed E-state index contributed by atoms with van der Waals surface area (Å²) >= 11 is 0. The Morgan fingerprint density at radius 1 is 1.19 bits per heavy atom. The number of fused-ring (bicyclic) bond motifs is 1. The van der Waals surface area contributed by atoms with Crippen LogP contribution in [0.15, 0.2) is 48.8 Å². The molecule has 4 unspecified atom stereocenters. The van der Waals surface area contributed by atoms with Crippen LogP contribution in [-0.2, 0) is 4.79 Å². The summed E-state index contributed by atoms with van der Waals surface area (Å²) in [5, 5.41) is 6.53. The van der Waals surface area contributed by atoms with Gasteiger partial charge in [0.15, 0.2) is 0 Å². The van der Waals surface area contributed by atoms with E-state index in [1.54, 1.807) is 6.20 Å². The van der Waals surface area contributed by atoms with Crippen molar-refractivity contribution in [3.8, 4) is 11.1 Å². The van der Waals surface area contributed by atoms with E-state index in [9.17, 15) is 4.79 Å². The first-order valence-electron chi connectivity index (χ1n) is 9.25. The zero-order valence-electron chi connectivity index (χ0n) is 14.9. The van der Waals surface area contributed by atoms with E-state index in [1.165, 1.54) is 0 Å². The van der Waals surface area contributed by atoms with Gasteiger partial charge in [-0.25, -0.2) is 5.43 Å². The van der Waals surface area contributed by atoms with Gasteiger partial charge in [-0.05, 0) is 42.6 Å². The number of piperidine rings is 1. The number of hydrogen-bond donors (Lipinski definition) is 4. The molecule has 4 N–H and O–H groups in total. The number of carbonyl (C=O) groups is 1. The maximum absolute atomic E-state index is 12.7. The second-order valence-corrected chi connectivity index (χ2v) is 7.12. The van der Waals surface area contributed by atoms with Crippen LogP contribution in [0.25, 0.3) is 11.1 Å². The smallest absolute Gasteiger partial charge is 0.239 e. The zero-order valence-corrected chi connectivity index (χ0v) is 14.9. The van der Waals surface area contributed by atoms with Crippen LogP contribution in [0.2, 0.25) is 0 Å². The van der Waals surface area contributed by atoms with Gasteiger partial charge >= 0.3 is 0 Å². The first-order valence-corrected chi connectivity index (χ1v) is 9.25. The van der Waals surface area contributed by atoms with E-state index >= 15 is 0 Å². The predicted molar refractivity (Wildman–Crippen MR) is 101 cm³/mol. The molecule has 4 atom stereocenters. The van der Waals surface area contributed by atoms with Gasteiger partial charge in [-0.1, -0.05) is 30.3 Å². The minimum Gasteiger partial charge on any atom is -0.348 e. The van der Waals surface area contributed by atoms with E-state index in [2.05, 4.69) is 50.7 Å². The van der Waals surface area contributed by atoms with E-state index in [0.717, 1.165) is 36.2 Å². The maximum atomic E-state index is 12.7. The van der Waals surface area contributed by atoms with Crippen LogP contribution in [-0.4, -0.2) is 36.1 Å². The Morgan fingerprint density at radius 2 is 2.04 bits per heavy atom. The van der Waals surface area contributed by atoms with Crippen LogP contribution in [0.1, 0.15) is 24.9 Å². The van der Waals surface area contributed by atoms with Gasteiger partial charge in [0, 0.05) is 30.9 Å². The fraction of sp³-hybridized carbons (Fsp3) is 0.400. The van der Waals surface area contributed by atoms with Crippen molar-refractivity contribution >= 4 is 5.91 Å². The number of pyridine rings is 1. The van der Waals surface area contributed by atoms with E-state index in [1.807, 2.05) is 25.3 Å². The van der Waals surface area contributed by atoms with Crippen LogP contribution < -0.4 is 21.5 Å². The third kappa shape index (κ3) is 3.49. The minimum atomic E-state index is -0.190. The maximum Gasteiger partial charge on any atom is 0.239 e. The van der Waals surface area contributed by atoms with Gasteiger partial charge in [0.05, 0.1) is 6.04 Å². The fourth-order valence-electron chi connectivity index (χ4n) is 3.86. The quantitative estimate of drug-likeness (QED) is 0.669. The van der Waals surface area contributed by atoms with Crippen molar-refractivity contribution in [1.29, 1.82) is 0 Å². The molecule has 3 heterocycles. The van der Waals surface area contributed by atoms with Gasteiger partial charge in [-0.15, -0.1) is 0 Å². The van der Waals surface area contributed by atoms with Crippen LogP contribution in [0.5, 0.6) is 0 Å². The number of hydrogen-bond acceptors (Lipinski definition) is 5. The summed E-state index contributed by atoms with van der Waals surface area (Å²) < 4.78 is 0. The lowest BCUT2D eigenvalue weighted by atomic mass is 9.89. The summed E-state index contributed by atoms with van der Waals surface area (Å²) in [7, 11) is 0. The minimum absolute atomic E-state index is 0.0390. The lowest BCUT2D eigenvalue weighted by molar-refractivity contribution is -0.124. The van der Waals surface area contributed by atoms with Crippen molar-refractivity contribution in [2.75, 3.05) is 13.1 Å². The largest absolute Gasteiger partial charge is 0.348 e. The molecule has 26 heavy (non-hydrogen) atoms. The van der Waals surface area contributed by atoms with Gasteiger partial charge in [0.2, 0.25) is 5.91 Å². The Kier molecular flexibility index (Phi) is 4.97. The molecule has 2 fully saturated rings. The summed E-state index contributed by atoms with van der Waals surface area (Å²) in [5.74, 6) is 0.349. The third-order valence-corrected chi connectivity index (χ3v) is 5.43. The first kappa shape index (κ1) is 17.1. The fourth-order valence-corrected chi connectivity index (χ4v) is 3.86. The molecule has 2 aliphatic heterocycles. The summed E-state index contributed by atoms with van der Waals surface area (Å²) in [6, 6.07) is 12.4. The molecule has 2 saturated heterocycles. The Balaban J connectivity index is 1.40. The molecule has 6 heteroatoms. The number of aromatic nitrogens is 1. The van der Waals surface area contributed by atoms with E-state index in [4.69, 9.17) is 0 Å². The molecule has 0 aliphatic carbocycles. The zero-order chi connectivity index (χ0) is 17.9. The molecule has 1 aromatic carbocycles. The molecule has 1 aromatic heterocycles. The van der Waals surface area contributed by atoms with Crippen LogP contribution >= 0.6 is 0 Å². The Morgan fingerprint density at radius 3 is 2.81 bits per heavy atom. The van der Waals surface area contributed by atoms with Crippen molar-refractivity contribution in [3.05, 3.63) is 54.4 Å². The van der Waals surface area contributed by atoms with Crippen LogP contribution in [0, 0.1) is 5.92 Å². The van der Waals surface area contributed by atoms with Crippen molar-refractivity contribution in [1.82, 2.24) is 26.5 Å². The standard InChI is InChI=1S/C20H25N5O/c1-13(14-4-6-15(7-5-14)16-3-2-9-21-11-16)23-20(26)19-17-12-22-10-8-18(17)24-25-19/h2-7,9,11,13,17-19,22,24-25H,8,10,12H2,1H3,(H,23,26). The number of nitrogens with zero attached hydrogens (tertiary/aromatic N) is 1. The molecule has 136 valence electrons. The van der Waals surface area contributed by atoms with Crippen molar-refractivity contribution in [2.24, 2.45) is 5.92 Å². The highest BCUT2D eigenvalue weighted by atomic mass is 16.2. The lowest BCUT2D eigenvalue weighted by Crippen LogP contribution is -2.49. The predicted octanol–water partition coefficient (Wildman–Crippen LogP) is 1.38. The van der Waals surface area contributed by atoms with E-state index in [0.29, 0.717) is 12.0 Å². The summed E-state index contributed by atoms with van der Waals surface area (Å²) in [6.45, 7) is 3.90. The van der Waals surface area contributed by atoms with Gasteiger partial charge in [-0.2, -0.15) is 0 Å². The van der Waals surface area contributed by atoms with Crippen molar-refractivity contribution in [3.63, 3.8) is 0 Å². The number of nitrogens with one attached hydrogen (secondary N) is 4. The normalized spacial score (nSPS) is 26.1. The molecule has 4 rings (SSSR count). The molecule has 0 radical (unpaired) electrons. The Hall–Kier alpha value is -2.28. The Labute approximate surface area is 153 Å². The van der Waals surface area contributed by atoms with Gasteiger partial charge in [0.1, 0.15) is 6.04 Å². The number of carbonyl (C=O) groups excluding carboxylic acids is 1. The first-order chi connectivity index (χ1) is 12.7. The van der Waals surface area contributed by atoms with Crippen LogP contribution in [0.4, 0.5) is 0 Å². The lowest BCUT2D eigenvalue weighted by Gasteiger charge is -2.28. The second-order valence-electron chi connectivity index (χ2n) is 7.12. The topological polar surface area (TPSA) is 78.1 Å². The molecular weight excluding hydrogens is 326 g/mol. The molecule has 0 spiro atoms. The summed E-state index contributed by atoms with van der Waals surface area (Å²) in [4.78, 5) is 16.9. The number of hydrazine groups is 1. The monoisotopic (exact) mass is 351 g/mol. The van der Waals surface area contributed by atoms with Crippen molar-refractivity contribution in [2.45, 2.75) is 31.5 Å². The molecule has 2 aromatic rings. The average Bonchev–Trinajstić information content (AvgIpc) is 3.13. The molecule has 0 saturated carbocycles. The molecule has 2 aliphatic rings. The number of amides is 1. The highest BCUT2D eigenvalue weighted by molar-refractivity contribution is 5.83. The summed E-state index contributed by atoms with van der Waals surface area (Å²) in [6.07, 6.45) is 4.67. The molecular formula is C20H25N5O. The van der Waals surface area contributed by atoms with E-state index < -0.39 is 0 Å². The molecule has 1 amide bonds. The second kappa shape index (κ2) is 7.53. The van der Waals surface area contributed by atoms with Gasteiger partial charge < -0.3 is 10.6 Å². The SMILES string of the molecule is CC(NC(=O)C1NNC2CCNCC21)c1ccc(-c2cccnc2)cc1. The van der Waals surface area contributed by atoms with Crippen molar-refractivity contribution < 1.29 is 4.79 Å². The molecule has 0 bridgehead atoms. The number of rotatable bonds is 4. The summed E-state index contributed by atoms with van der Waals surface area (Å²) in [5.41, 5.74) is 9.75. The number of benzene rings is 1. The average molecular weight is 351 g/mol. The highest BCUT2D eigenvalue weighted by Gasteiger charge is 2.41. The van der Waals surface area contributed by atoms with Gasteiger partial charge in [-0.3, -0.25) is 15.2 Å². The third-order valence-electron chi connectivity index (χ3n) is 5.43. The molecule has 6 nitrogen and oxygen atoms in total. The van der Waals surface area contributed by atoms with E-state index in [-0.39, 0.29) is 18.0 Å². The van der Waals surface area contributed by atoms with Crippen LogP contribution in [0.3, 0.4) is 0 Å². The highest BCUT2D eigenvalue weighted by Crippen LogP contribution is 2.23.